The second-order valence-corrected chi connectivity index (χ2v) is 4.98. The number of amides is 2. The Hall–Kier alpha value is -0.460. The van der Waals surface area contributed by atoms with Gasteiger partial charge in [-0.25, -0.2) is 0 Å². The highest BCUT2D eigenvalue weighted by molar-refractivity contribution is 8.14. The largest absolute Gasteiger partial charge is 0.350 e. The van der Waals surface area contributed by atoms with Gasteiger partial charge in [-0.15, -0.1) is 12.4 Å². The predicted molar refractivity (Wildman–Crippen MR) is 65.7 cm³/mol. The van der Waals surface area contributed by atoms with Crippen LogP contribution in [0.4, 0.5) is 4.79 Å². The molecule has 0 spiro atoms. The molecule has 4 N–H and O–H groups in total. The summed E-state index contributed by atoms with van der Waals surface area (Å²) in [6.45, 7) is 0.476. The molecule has 5 nitrogen and oxygen atoms in total. The summed E-state index contributed by atoms with van der Waals surface area (Å²) in [5, 5.41) is 5.39. The van der Waals surface area contributed by atoms with Crippen molar-refractivity contribution in [2.75, 3.05) is 12.3 Å². The molecule has 2 rings (SSSR count). The fourth-order valence-electron chi connectivity index (χ4n) is 1.68. The summed E-state index contributed by atoms with van der Waals surface area (Å²) in [4.78, 5) is 22.6. The van der Waals surface area contributed by atoms with Gasteiger partial charge in [0.1, 0.15) is 6.04 Å². The Morgan fingerprint density at radius 3 is 2.75 bits per heavy atom. The van der Waals surface area contributed by atoms with Crippen molar-refractivity contribution in [1.29, 1.82) is 0 Å². The maximum atomic E-state index is 11.7. The van der Waals surface area contributed by atoms with Gasteiger partial charge < -0.3 is 16.4 Å². The summed E-state index contributed by atoms with van der Waals surface area (Å²) < 4.78 is 0. The van der Waals surface area contributed by atoms with Gasteiger partial charge >= 0.3 is 0 Å². The first-order chi connectivity index (χ1) is 7.20. The van der Waals surface area contributed by atoms with E-state index in [1.165, 1.54) is 0 Å². The van der Waals surface area contributed by atoms with E-state index in [0.717, 1.165) is 24.6 Å². The minimum atomic E-state index is -0.379. The minimum Gasteiger partial charge on any atom is -0.350 e. The van der Waals surface area contributed by atoms with Gasteiger partial charge in [-0.3, -0.25) is 9.59 Å². The average molecular weight is 266 g/mol. The Balaban J connectivity index is 0.00000128. The normalized spacial score (nSPS) is 25.6. The van der Waals surface area contributed by atoms with Gasteiger partial charge in [0.2, 0.25) is 5.91 Å². The molecular weight excluding hydrogens is 250 g/mol. The first-order valence-electron chi connectivity index (χ1n) is 5.14. The third-order valence-electron chi connectivity index (χ3n) is 2.76. The van der Waals surface area contributed by atoms with Crippen LogP contribution < -0.4 is 16.4 Å². The second kappa shape index (κ2) is 5.75. The van der Waals surface area contributed by atoms with Crippen LogP contribution in [0.25, 0.3) is 0 Å². The van der Waals surface area contributed by atoms with Gasteiger partial charge in [0, 0.05) is 18.3 Å². The second-order valence-electron chi connectivity index (χ2n) is 3.98. The van der Waals surface area contributed by atoms with Crippen molar-refractivity contribution in [2.24, 2.45) is 11.7 Å². The maximum Gasteiger partial charge on any atom is 0.279 e. The summed E-state index contributed by atoms with van der Waals surface area (Å²) in [6.07, 6.45) is 2.29. The van der Waals surface area contributed by atoms with Crippen molar-refractivity contribution >= 4 is 35.3 Å². The smallest absolute Gasteiger partial charge is 0.279 e. The number of nitrogens with two attached hydrogens (primary N) is 1. The molecule has 16 heavy (non-hydrogen) atoms. The summed E-state index contributed by atoms with van der Waals surface area (Å²) in [5.41, 5.74) is 5.58. The lowest BCUT2D eigenvalue weighted by Gasteiger charge is -2.18. The molecule has 0 bridgehead atoms. The van der Waals surface area contributed by atoms with Crippen LogP contribution >= 0.6 is 24.2 Å². The molecule has 0 radical (unpaired) electrons. The number of hydrogen-bond donors (Lipinski definition) is 3. The van der Waals surface area contributed by atoms with Crippen LogP contribution in [0.2, 0.25) is 0 Å². The van der Waals surface area contributed by atoms with E-state index in [4.69, 9.17) is 5.73 Å². The number of rotatable bonds is 4. The fourth-order valence-corrected chi connectivity index (χ4v) is 2.46. The molecule has 1 unspecified atom stereocenters. The topological polar surface area (TPSA) is 84.2 Å². The third-order valence-corrected chi connectivity index (χ3v) is 3.64. The number of carbonyl (C=O) groups is 2. The van der Waals surface area contributed by atoms with Gasteiger partial charge in [-0.1, -0.05) is 11.8 Å². The molecule has 7 heteroatoms. The minimum absolute atomic E-state index is 0. The van der Waals surface area contributed by atoms with Gasteiger partial charge in [0.05, 0.1) is 0 Å². The van der Waals surface area contributed by atoms with Gasteiger partial charge in [-0.2, -0.15) is 0 Å². The lowest BCUT2D eigenvalue weighted by Crippen LogP contribution is -2.50. The summed E-state index contributed by atoms with van der Waals surface area (Å²) >= 11 is 1.15. The molecule has 0 aromatic rings. The Bertz CT molecular complexity index is 286. The third kappa shape index (κ3) is 3.26. The van der Waals surface area contributed by atoms with Crippen molar-refractivity contribution in [2.45, 2.75) is 24.9 Å². The van der Waals surface area contributed by atoms with Crippen LogP contribution in [-0.4, -0.2) is 35.5 Å². The van der Waals surface area contributed by atoms with E-state index in [2.05, 4.69) is 10.6 Å². The Labute approximate surface area is 105 Å². The van der Waals surface area contributed by atoms with Crippen molar-refractivity contribution in [3.8, 4) is 0 Å². The molecule has 2 aliphatic rings. The maximum absolute atomic E-state index is 11.7. The number of carbonyl (C=O) groups excluding carboxylic acids is 2. The number of thioether (sulfide) groups is 1. The van der Waals surface area contributed by atoms with Crippen molar-refractivity contribution in [3.05, 3.63) is 0 Å². The summed E-state index contributed by atoms with van der Waals surface area (Å²) in [6, 6.07) is -0.296. The highest BCUT2D eigenvalue weighted by atomic mass is 35.5. The fraction of sp³-hybridized carbons (Fsp3) is 0.778. The van der Waals surface area contributed by atoms with Crippen molar-refractivity contribution in [1.82, 2.24) is 10.6 Å². The molecule has 92 valence electrons. The molecule has 2 fully saturated rings. The number of nitrogens with one attached hydrogen (secondary N) is 2. The molecule has 0 aromatic carbocycles. The quantitative estimate of drug-likeness (QED) is 0.673. The predicted octanol–water partition coefficient (Wildman–Crippen LogP) is 0.0867. The van der Waals surface area contributed by atoms with E-state index < -0.39 is 0 Å². The molecule has 1 saturated carbocycles. The first kappa shape index (κ1) is 13.6. The highest BCUT2D eigenvalue weighted by Gasteiger charge is 2.34. The molecule has 2 atom stereocenters. The SMILES string of the molecule is Cl.NCC(NC(=O)[C@@H]1CSC(=O)N1)C1CC1. The number of halogens is 1. The van der Waals surface area contributed by atoms with Gasteiger partial charge in [0.25, 0.3) is 5.24 Å². The van der Waals surface area contributed by atoms with Crippen LogP contribution in [-0.2, 0) is 4.79 Å². The van der Waals surface area contributed by atoms with Crippen LogP contribution in [0.3, 0.4) is 0 Å². The zero-order valence-electron chi connectivity index (χ0n) is 8.77. The Kier molecular flexibility index (Phi) is 4.89. The van der Waals surface area contributed by atoms with Crippen LogP contribution in [0, 0.1) is 5.92 Å². The van der Waals surface area contributed by atoms with E-state index in [1.54, 1.807) is 0 Å². The van der Waals surface area contributed by atoms with Crippen molar-refractivity contribution < 1.29 is 9.59 Å². The lowest BCUT2D eigenvalue weighted by atomic mass is 10.1. The van der Waals surface area contributed by atoms with Gasteiger partial charge in [-0.05, 0) is 18.8 Å². The molecule has 0 aromatic heterocycles. The monoisotopic (exact) mass is 265 g/mol. The number of hydrogen-bond acceptors (Lipinski definition) is 4. The van der Waals surface area contributed by atoms with E-state index in [-0.39, 0.29) is 35.6 Å². The van der Waals surface area contributed by atoms with Crippen molar-refractivity contribution in [3.63, 3.8) is 0 Å². The molecular formula is C9H16ClN3O2S. The standard InChI is InChI=1S/C9H15N3O2S.ClH/c10-3-6(5-1-2-5)11-8(13)7-4-15-9(14)12-7;/h5-7H,1-4,10H2,(H,11,13)(H,12,14);1H/t6?,7-;/m0./s1. The van der Waals surface area contributed by atoms with E-state index in [1.807, 2.05) is 0 Å². The van der Waals surface area contributed by atoms with Crippen LogP contribution in [0.1, 0.15) is 12.8 Å². The van der Waals surface area contributed by atoms with Crippen LogP contribution in [0.5, 0.6) is 0 Å². The van der Waals surface area contributed by atoms with E-state index in [0.29, 0.717) is 18.2 Å². The average Bonchev–Trinajstić information content (AvgIpc) is 2.97. The first-order valence-corrected chi connectivity index (χ1v) is 6.13. The van der Waals surface area contributed by atoms with Gasteiger partial charge in [0.15, 0.2) is 0 Å². The molecule has 1 heterocycles. The molecule has 1 aliphatic heterocycles. The molecule has 1 saturated heterocycles. The van der Waals surface area contributed by atoms with E-state index >= 15 is 0 Å². The molecule has 2 amide bonds. The van der Waals surface area contributed by atoms with Crippen LogP contribution in [0.15, 0.2) is 0 Å². The zero-order chi connectivity index (χ0) is 10.8. The Morgan fingerprint density at radius 1 is 1.62 bits per heavy atom. The summed E-state index contributed by atoms with van der Waals surface area (Å²) in [7, 11) is 0. The molecule has 1 aliphatic carbocycles. The van der Waals surface area contributed by atoms with E-state index in [9.17, 15) is 9.59 Å². The highest BCUT2D eigenvalue weighted by Crippen LogP contribution is 2.32. The summed E-state index contributed by atoms with van der Waals surface area (Å²) in [5.74, 6) is 0.964. The zero-order valence-corrected chi connectivity index (χ0v) is 10.4. The lowest BCUT2D eigenvalue weighted by molar-refractivity contribution is -0.123. The Morgan fingerprint density at radius 2 is 2.31 bits per heavy atom.